The lowest BCUT2D eigenvalue weighted by molar-refractivity contribution is 0.108. The van der Waals surface area contributed by atoms with Gasteiger partial charge in [-0.05, 0) is 53.4 Å². The van der Waals surface area contributed by atoms with Crippen LogP contribution >= 0.6 is 11.6 Å². The zero-order valence-corrected chi connectivity index (χ0v) is 15.3. The molecule has 2 nitrogen and oxygen atoms in total. The van der Waals surface area contributed by atoms with Crippen molar-refractivity contribution in [3.05, 3.63) is 77.5 Å². The maximum atomic E-state index is 11.1. The Bertz CT molecular complexity index is 676. The smallest absolute Gasteiger partial charge is 0.252 e. The molecule has 0 heterocycles. The molecule has 0 aliphatic carbocycles. The first-order chi connectivity index (χ1) is 10.9. The van der Waals surface area contributed by atoms with E-state index < -0.39 is 13.3 Å². The normalized spacial score (nSPS) is 11.1. The molecule has 0 amide bonds. The average molecular weight is 345 g/mol. The Morgan fingerprint density at radius 1 is 1.09 bits per heavy atom. The van der Waals surface area contributed by atoms with E-state index in [1.165, 1.54) is 5.56 Å². The number of halogens is 1. The molecule has 23 heavy (non-hydrogen) atoms. The van der Waals surface area contributed by atoms with Crippen LogP contribution in [0.25, 0.3) is 0 Å². The third-order valence-electron chi connectivity index (χ3n) is 3.68. The molecule has 0 saturated heterocycles. The Balaban J connectivity index is 1.97. The molecule has 0 atom stereocenters. The molecule has 0 fully saturated rings. The fraction of sp³-hybridized carbons (Fsp3) is 0.211. The minimum atomic E-state index is -1.45. The number of carbonyl (C=O) groups excluding carboxylic acids is 1. The highest BCUT2D eigenvalue weighted by Crippen LogP contribution is 2.17. The summed E-state index contributed by atoms with van der Waals surface area (Å²) in [5, 5.41) is -0.427. The first kappa shape index (κ1) is 17.5. The molecule has 0 aliphatic heterocycles. The van der Waals surface area contributed by atoms with Crippen molar-refractivity contribution in [1.29, 1.82) is 0 Å². The maximum absolute atomic E-state index is 11.1. The quantitative estimate of drug-likeness (QED) is 0.521. The number of ether oxygens (including phenoxy) is 1. The van der Waals surface area contributed by atoms with Crippen molar-refractivity contribution in [2.75, 3.05) is 6.23 Å². The van der Waals surface area contributed by atoms with Crippen molar-refractivity contribution in [3.63, 3.8) is 0 Å². The van der Waals surface area contributed by atoms with Crippen LogP contribution in [0, 0.1) is 0 Å². The summed E-state index contributed by atoms with van der Waals surface area (Å²) in [6.07, 6.45) is 1.55. The molecule has 0 bridgehead atoms. The Labute approximate surface area is 143 Å². The number of hydrogen-bond acceptors (Lipinski definition) is 2. The predicted octanol–water partition coefficient (Wildman–Crippen LogP) is 5.01. The van der Waals surface area contributed by atoms with Gasteiger partial charge in [0.1, 0.15) is 13.8 Å². The molecule has 0 unspecified atom stereocenters. The molecule has 0 spiro atoms. The van der Waals surface area contributed by atoms with Crippen molar-refractivity contribution in [2.45, 2.75) is 19.5 Å². The van der Waals surface area contributed by atoms with Crippen LogP contribution < -0.4 is 4.74 Å². The van der Waals surface area contributed by atoms with Gasteiger partial charge in [0.15, 0.2) is 0 Å². The summed E-state index contributed by atoms with van der Waals surface area (Å²) in [6, 6.07) is 15.5. The second kappa shape index (κ2) is 7.62. The molecule has 4 heteroatoms. The van der Waals surface area contributed by atoms with Gasteiger partial charge in [-0.15, -0.1) is 6.58 Å². The summed E-state index contributed by atoms with van der Waals surface area (Å²) >= 11 is 5.45. The molecule has 2 aromatic carbocycles. The van der Waals surface area contributed by atoms with Gasteiger partial charge in [0.25, 0.3) is 5.24 Å². The maximum Gasteiger partial charge on any atom is 0.252 e. The zero-order valence-electron chi connectivity index (χ0n) is 13.5. The van der Waals surface area contributed by atoms with Gasteiger partial charge in [-0.3, -0.25) is 4.79 Å². The van der Waals surface area contributed by atoms with Crippen LogP contribution in [0.4, 0.5) is 0 Å². The molecule has 120 valence electrons. The third-order valence-corrected chi connectivity index (χ3v) is 5.89. The van der Waals surface area contributed by atoms with Crippen LogP contribution in [0.3, 0.4) is 0 Å². The number of carbonyl (C=O) groups is 1. The van der Waals surface area contributed by atoms with Crippen molar-refractivity contribution in [1.82, 2.24) is 0 Å². The molecule has 2 aromatic rings. The Morgan fingerprint density at radius 2 is 1.61 bits per heavy atom. The lowest BCUT2D eigenvalue weighted by Crippen LogP contribution is -2.31. The average Bonchev–Trinajstić information content (AvgIpc) is 2.55. The predicted molar refractivity (Wildman–Crippen MR) is 99.0 cm³/mol. The molecule has 0 aromatic heterocycles. The summed E-state index contributed by atoms with van der Waals surface area (Å²) < 4.78 is 5.85. The Kier molecular flexibility index (Phi) is 5.80. The van der Waals surface area contributed by atoms with E-state index in [0.717, 1.165) is 24.0 Å². The van der Waals surface area contributed by atoms with Gasteiger partial charge in [0.05, 0.1) is 6.23 Å². The fourth-order valence-electron chi connectivity index (χ4n) is 2.02. The summed E-state index contributed by atoms with van der Waals surface area (Å²) in [6.45, 7) is 8.33. The monoisotopic (exact) mass is 344 g/mol. The van der Waals surface area contributed by atoms with E-state index in [2.05, 4.69) is 31.8 Å². The number of benzene rings is 2. The van der Waals surface area contributed by atoms with Gasteiger partial charge in [-0.25, -0.2) is 0 Å². The van der Waals surface area contributed by atoms with Crippen molar-refractivity contribution in [2.24, 2.45) is 0 Å². The van der Waals surface area contributed by atoms with Crippen molar-refractivity contribution in [3.8, 4) is 5.75 Å². The number of rotatable bonds is 7. The lowest BCUT2D eigenvalue weighted by Gasteiger charge is -2.17. The highest BCUT2D eigenvalue weighted by molar-refractivity contribution is 6.82. The first-order valence-electron chi connectivity index (χ1n) is 7.54. The van der Waals surface area contributed by atoms with E-state index in [4.69, 9.17) is 16.3 Å². The van der Waals surface area contributed by atoms with Crippen LogP contribution in [0.1, 0.15) is 21.5 Å². The third kappa shape index (κ3) is 5.38. The summed E-state index contributed by atoms with van der Waals surface area (Å²) in [5.74, 6) is 0.888. The van der Waals surface area contributed by atoms with Gasteiger partial charge in [-0.2, -0.15) is 0 Å². The minimum Gasteiger partial charge on any atom is -0.497 e. The summed E-state index contributed by atoms with van der Waals surface area (Å²) in [4.78, 5) is 11.1. The standard InChI is InChI=1S/C19H21ClO2Si/c1-4-23(2,3)14-22-18-11-7-16(8-12-18)13-15-5-9-17(10-6-15)19(20)21/h4-12H,1,13-14H2,2-3H3. The van der Waals surface area contributed by atoms with Gasteiger partial charge < -0.3 is 4.74 Å². The van der Waals surface area contributed by atoms with E-state index in [0.29, 0.717) is 5.56 Å². The van der Waals surface area contributed by atoms with Gasteiger partial charge >= 0.3 is 0 Å². The second-order valence-corrected chi connectivity index (χ2v) is 11.3. The van der Waals surface area contributed by atoms with Gasteiger partial charge in [0, 0.05) is 5.56 Å². The Morgan fingerprint density at radius 3 is 2.09 bits per heavy atom. The largest absolute Gasteiger partial charge is 0.497 e. The van der Waals surface area contributed by atoms with Gasteiger partial charge in [-0.1, -0.05) is 43.1 Å². The zero-order chi connectivity index (χ0) is 16.9. The summed E-state index contributed by atoms with van der Waals surface area (Å²) in [7, 11) is -1.45. The Hall–Kier alpha value is -1.84. The summed E-state index contributed by atoms with van der Waals surface area (Å²) in [5.41, 5.74) is 4.90. The number of hydrogen-bond donors (Lipinski definition) is 0. The van der Waals surface area contributed by atoms with Crippen LogP contribution in [0.2, 0.25) is 13.1 Å². The van der Waals surface area contributed by atoms with Gasteiger partial charge in [0.2, 0.25) is 0 Å². The van der Waals surface area contributed by atoms with E-state index in [1.807, 2.05) is 30.0 Å². The molecular formula is C19H21ClO2Si. The van der Waals surface area contributed by atoms with Crippen molar-refractivity contribution >= 4 is 24.9 Å². The minimum absolute atomic E-state index is 0.427. The van der Waals surface area contributed by atoms with Crippen LogP contribution in [-0.2, 0) is 6.42 Å². The van der Waals surface area contributed by atoms with Crippen LogP contribution in [0.15, 0.2) is 60.8 Å². The molecule has 0 N–H and O–H groups in total. The molecule has 2 rings (SSSR count). The molecule has 0 radical (unpaired) electrons. The van der Waals surface area contributed by atoms with Crippen molar-refractivity contribution < 1.29 is 9.53 Å². The lowest BCUT2D eigenvalue weighted by atomic mass is 10.0. The highest BCUT2D eigenvalue weighted by atomic mass is 35.5. The van der Waals surface area contributed by atoms with Crippen LogP contribution in [-0.4, -0.2) is 19.5 Å². The first-order valence-corrected chi connectivity index (χ1v) is 11.2. The molecule has 0 saturated carbocycles. The molecular weight excluding hydrogens is 324 g/mol. The SMILES string of the molecule is C=C[Si](C)(C)COc1ccc(Cc2ccc(C(=O)Cl)cc2)cc1. The van der Waals surface area contributed by atoms with E-state index in [1.54, 1.807) is 12.1 Å². The van der Waals surface area contributed by atoms with E-state index in [-0.39, 0.29) is 0 Å². The fourth-order valence-corrected chi connectivity index (χ4v) is 2.80. The topological polar surface area (TPSA) is 26.3 Å². The van der Waals surface area contributed by atoms with E-state index in [9.17, 15) is 4.79 Å². The highest BCUT2D eigenvalue weighted by Gasteiger charge is 2.16. The second-order valence-electron chi connectivity index (χ2n) is 6.27. The van der Waals surface area contributed by atoms with Crippen LogP contribution in [0.5, 0.6) is 5.75 Å². The molecule has 0 aliphatic rings. The van der Waals surface area contributed by atoms with E-state index >= 15 is 0 Å².